The average molecular weight is 232 g/mol. The molecule has 0 aliphatic heterocycles. The number of nitrogens with zero attached hydrogens (tertiary/aromatic N) is 1. The minimum Gasteiger partial charge on any atom is -0.350 e. The molecule has 2 aromatic heterocycles. The number of carbonyl (C=O) groups is 1. The van der Waals surface area contributed by atoms with Crippen LogP contribution in [0.2, 0.25) is 0 Å². The number of rotatable bonds is 4. The van der Waals surface area contributed by atoms with Gasteiger partial charge >= 0.3 is 0 Å². The van der Waals surface area contributed by atoms with Gasteiger partial charge in [0.15, 0.2) is 0 Å². The molecule has 17 heavy (non-hydrogen) atoms. The van der Waals surface area contributed by atoms with Crippen molar-refractivity contribution in [1.82, 2.24) is 20.3 Å². The topological polar surface area (TPSA) is 90.6 Å². The fourth-order valence-corrected chi connectivity index (χ4v) is 1.40. The minimum absolute atomic E-state index is 0.261. The standard InChI is InChI=1S/C11H12N4O2/c16-10-3-1-2-8(15-10)11(17)14-5-4-9-12-6-7-13-9/h1-3,6-7H,4-5H2,(H,12,13)(H,14,17)(H,15,16). The molecule has 0 saturated heterocycles. The Kier molecular flexibility index (Phi) is 3.34. The van der Waals surface area contributed by atoms with E-state index in [1.165, 1.54) is 6.07 Å². The Morgan fingerprint density at radius 2 is 2.29 bits per heavy atom. The number of nitrogens with one attached hydrogen (secondary N) is 3. The van der Waals surface area contributed by atoms with E-state index in [-0.39, 0.29) is 17.2 Å². The maximum absolute atomic E-state index is 11.6. The zero-order valence-electron chi connectivity index (χ0n) is 9.06. The lowest BCUT2D eigenvalue weighted by Crippen LogP contribution is -2.28. The second kappa shape index (κ2) is 5.11. The third-order valence-electron chi connectivity index (χ3n) is 2.22. The number of aromatic amines is 2. The van der Waals surface area contributed by atoms with Crippen LogP contribution in [0, 0.1) is 0 Å². The van der Waals surface area contributed by atoms with Crippen LogP contribution in [-0.2, 0) is 6.42 Å². The number of hydrogen-bond donors (Lipinski definition) is 3. The van der Waals surface area contributed by atoms with Gasteiger partial charge in [-0.05, 0) is 6.07 Å². The van der Waals surface area contributed by atoms with E-state index in [2.05, 4.69) is 20.3 Å². The summed E-state index contributed by atoms with van der Waals surface area (Å²) in [4.78, 5) is 32.1. The minimum atomic E-state index is -0.297. The fraction of sp³-hybridized carbons (Fsp3) is 0.182. The summed E-state index contributed by atoms with van der Waals surface area (Å²) < 4.78 is 0. The highest BCUT2D eigenvalue weighted by atomic mass is 16.2. The van der Waals surface area contributed by atoms with E-state index in [0.717, 1.165) is 5.82 Å². The van der Waals surface area contributed by atoms with Crippen molar-refractivity contribution in [3.63, 3.8) is 0 Å². The molecule has 2 aromatic rings. The van der Waals surface area contributed by atoms with Crippen molar-refractivity contribution in [2.45, 2.75) is 6.42 Å². The Morgan fingerprint density at radius 1 is 1.41 bits per heavy atom. The molecule has 0 aliphatic rings. The molecule has 2 heterocycles. The van der Waals surface area contributed by atoms with Crippen molar-refractivity contribution in [3.05, 3.63) is 52.5 Å². The number of aromatic nitrogens is 3. The molecule has 3 N–H and O–H groups in total. The highest BCUT2D eigenvalue weighted by Gasteiger charge is 2.05. The number of imidazole rings is 1. The molecule has 2 rings (SSSR count). The number of H-pyrrole nitrogens is 2. The van der Waals surface area contributed by atoms with Gasteiger partial charge in [0.2, 0.25) is 5.56 Å². The average Bonchev–Trinajstić information content (AvgIpc) is 2.82. The third kappa shape index (κ3) is 3.04. The van der Waals surface area contributed by atoms with Crippen molar-refractivity contribution in [2.75, 3.05) is 6.54 Å². The largest absolute Gasteiger partial charge is 0.350 e. The first-order valence-electron chi connectivity index (χ1n) is 5.21. The van der Waals surface area contributed by atoms with Crippen LogP contribution >= 0.6 is 0 Å². The maximum atomic E-state index is 11.6. The lowest BCUT2D eigenvalue weighted by Gasteiger charge is -2.03. The molecule has 1 amide bonds. The molecular weight excluding hydrogens is 220 g/mol. The number of carbonyl (C=O) groups excluding carboxylic acids is 1. The summed E-state index contributed by atoms with van der Waals surface area (Å²) in [6, 6.07) is 4.46. The molecule has 0 atom stereocenters. The Labute approximate surface area is 97.1 Å². The van der Waals surface area contributed by atoms with Crippen molar-refractivity contribution < 1.29 is 4.79 Å². The Hall–Kier alpha value is -2.37. The molecule has 0 spiro atoms. The smallest absolute Gasteiger partial charge is 0.267 e. The van der Waals surface area contributed by atoms with Crippen LogP contribution in [0.25, 0.3) is 0 Å². The van der Waals surface area contributed by atoms with Gasteiger partial charge < -0.3 is 15.3 Å². The Bertz CT molecular complexity index is 545. The quantitative estimate of drug-likeness (QED) is 0.696. The van der Waals surface area contributed by atoms with Crippen LogP contribution < -0.4 is 10.9 Å². The van der Waals surface area contributed by atoms with Gasteiger partial charge in [0.1, 0.15) is 11.5 Å². The molecule has 0 aliphatic carbocycles. The molecular formula is C11H12N4O2. The van der Waals surface area contributed by atoms with Crippen molar-refractivity contribution in [3.8, 4) is 0 Å². The molecule has 0 saturated carbocycles. The summed E-state index contributed by atoms with van der Waals surface area (Å²) in [5, 5.41) is 2.70. The van der Waals surface area contributed by atoms with Crippen molar-refractivity contribution in [1.29, 1.82) is 0 Å². The summed E-state index contributed by atoms with van der Waals surface area (Å²) in [7, 11) is 0. The Morgan fingerprint density at radius 3 is 3.00 bits per heavy atom. The van der Waals surface area contributed by atoms with E-state index in [0.29, 0.717) is 13.0 Å². The van der Waals surface area contributed by atoms with Crippen LogP contribution in [0.15, 0.2) is 35.4 Å². The zero-order valence-corrected chi connectivity index (χ0v) is 9.06. The molecule has 6 heteroatoms. The van der Waals surface area contributed by atoms with Gasteiger partial charge in [-0.3, -0.25) is 9.59 Å². The first-order valence-corrected chi connectivity index (χ1v) is 5.21. The maximum Gasteiger partial charge on any atom is 0.267 e. The van der Waals surface area contributed by atoms with Gasteiger partial charge in [0.25, 0.3) is 5.91 Å². The third-order valence-corrected chi connectivity index (χ3v) is 2.22. The summed E-state index contributed by atoms with van der Waals surface area (Å²) in [5.74, 6) is 0.515. The van der Waals surface area contributed by atoms with Gasteiger partial charge in [-0.25, -0.2) is 4.98 Å². The van der Waals surface area contributed by atoms with Gasteiger partial charge in [0.05, 0.1) is 0 Å². The fourth-order valence-electron chi connectivity index (χ4n) is 1.40. The second-order valence-corrected chi connectivity index (χ2v) is 3.47. The normalized spacial score (nSPS) is 10.1. The van der Waals surface area contributed by atoms with Crippen LogP contribution in [0.1, 0.15) is 16.3 Å². The molecule has 0 bridgehead atoms. The van der Waals surface area contributed by atoms with Crippen LogP contribution in [0.4, 0.5) is 0 Å². The summed E-state index contributed by atoms with van der Waals surface area (Å²) in [6.07, 6.45) is 4.01. The SMILES string of the molecule is O=C(NCCc1ncc[nH]1)c1cccc(=O)[nH]1. The van der Waals surface area contributed by atoms with E-state index in [9.17, 15) is 9.59 Å². The summed E-state index contributed by atoms with van der Waals surface area (Å²) >= 11 is 0. The van der Waals surface area contributed by atoms with Crippen LogP contribution in [0.5, 0.6) is 0 Å². The highest BCUT2D eigenvalue weighted by molar-refractivity contribution is 5.92. The number of pyridine rings is 1. The summed E-state index contributed by atoms with van der Waals surface area (Å²) in [6.45, 7) is 0.462. The number of amides is 1. The number of hydrogen-bond acceptors (Lipinski definition) is 3. The van der Waals surface area contributed by atoms with E-state index in [4.69, 9.17) is 0 Å². The highest BCUT2D eigenvalue weighted by Crippen LogP contribution is 1.91. The van der Waals surface area contributed by atoms with E-state index >= 15 is 0 Å². The van der Waals surface area contributed by atoms with Gasteiger partial charge in [-0.1, -0.05) is 6.07 Å². The zero-order chi connectivity index (χ0) is 12.1. The van der Waals surface area contributed by atoms with E-state index in [1.807, 2.05) is 0 Å². The second-order valence-electron chi connectivity index (χ2n) is 3.47. The predicted molar refractivity (Wildman–Crippen MR) is 61.7 cm³/mol. The van der Waals surface area contributed by atoms with E-state index in [1.54, 1.807) is 24.5 Å². The van der Waals surface area contributed by atoms with Gasteiger partial charge in [-0.2, -0.15) is 0 Å². The van der Waals surface area contributed by atoms with Crippen molar-refractivity contribution in [2.24, 2.45) is 0 Å². The lowest BCUT2D eigenvalue weighted by molar-refractivity contribution is 0.0949. The van der Waals surface area contributed by atoms with Gasteiger partial charge in [-0.15, -0.1) is 0 Å². The molecule has 0 unspecified atom stereocenters. The predicted octanol–water partition coefficient (Wildman–Crippen LogP) is 0.0705. The first-order chi connectivity index (χ1) is 8.25. The molecule has 0 aromatic carbocycles. The lowest BCUT2D eigenvalue weighted by atomic mass is 10.3. The van der Waals surface area contributed by atoms with Crippen LogP contribution in [0.3, 0.4) is 0 Å². The van der Waals surface area contributed by atoms with Gasteiger partial charge in [0, 0.05) is 31.4 Å². The molecule has 0 fully saturated rings. The monoisotopic (exact) mass is 232 g/mol. The molecule has 0 radical (unpaired) electrons. The Balaban J connectivity index is 1.87. The molecule has 88 valence electrons. The van der Waals surface area contributed by atoms with Crippen molar-refractivity contribution >= 4 is 5.91 Å². The van der Waals surface area contributed by atoms with E-state index < -0.39 is 0 Å². The summed E-state index contributed by atoms with van der Waals surface area (Å²) in [5.41, 5.74) is -0.0272. The molecule has 6 nitrogen and oxygen atoms in total. The first kappa shape index (κ1) is 11.1. The van der Waals surface area contributed by atoms with Crippen LogP contribution in [-0.4, -0.2) is 27.4 Å².